The Balaban J connectivity index is 1.72. The number of carbonyl (C=O) groups is 2. The van der Waals surface area contributed by atoms with Crippen LogP contribution < -0.4 is 10.2 Å². The molecule has 1 atom stereocenters. The third-order valence-electron chi connectivity index (χ3n) is 3.92. The summed E-state index contributed by atoms with van der Waals surface area (Å²) in [4.78, 5) is 30.4. The van der Waals surface area contributed by atoms with Crippen LogP contribution in [0.2, 0.25) is 0 Å². The first-order valence-corrected chi connectivity index (χ1v) is 8.46. The fraction of sp³-hybridized carbons (Fsp3) is 0.438. The van der Waals surface area contributed by atoms with Crippen molar-refractivity contribution in [3.8, 4) is 0 Å². The van der Waals surface area contributed by atoms with Gasteiger partial charge in [-0.3, -0.25) is 9.59 Å². The number of aliphatic hydroxyl groups is 1. The Labute approximate surface area is 138 Å². The number of fused-ring (bicyclic) bond motifs is 1. The van der Waals surface area contributed by atoms with Gasteiger partial charge >= 0.3 is 0 Å². The maximum absolute atomic E-state index is 12.2. The van der Waals surface area contributed by atoms with Crippen molar-refractivity contribution in [3.05, 3.63) is 23.2 Å². The molecule has 1 aliphatic heterocycles. The van der Waals surface area contributed by atoms with E-state index in [1.807, 2.05) is 25.1 Å². The molecule has 2 amide bonds. The van der Waals surface area contributed by atoms with Crippen molar-refractivity contribution in [1.29, 1.82) is 0 Å². The van der Waals surface area contributed by atoms with E-state index in [0.717, 1.165) is 20.9 Å². The van der Waals surface area contributed by atoms with Crippen LogP contribution in [0.5, 0.6) is 0 Å². The second-order valence-electron chi connectivity index (χ2n) is 5.66. The van der Waals surface area contributed by atoms with Crippen molar-refractivity contribution < 1.29 is 14.7 Å². The summed E-state index contributed by atoms with van der Waals surface area (Å²) < 4.78 is 1.09. The van der Waals surface area contributed by atoms with Gasteiger partial charge in [-0.1, -0.05) is 0 Å². The van der Waals surface area contributed by atoms with E-state index in [-0.39, 0.29) is 30.8 Å². The minimum Gasteiger partial charge on any atom is -0.396 e. The Kier molecular flexibility index (Phi) is 4.58. The molecule has 122 valence electrons. The van der Waals surface area contributed by atoms with Crippen LogP contribution in [0.3, 0.4) is 0 Å². The number of amides is 2. The molecule has 2 heterocycles. The smallest absolute Gasteiger partial charge is 0.227 e. The van der Waals surface area contributed by atoms with Gasteiger partial charge in [0.25, 0.3) is 0 Å². The van der Waals surface area contributed by atoms with Crippen molar-refractivity contribution in [2.75, 3.05) is 24.6 Å². The van der Waals surface area contributed by atoms with Crippen LogP contribution in [0.4, 0.5) is 5.69 Å². The number of rotatable bonds is 5. The van der Waals surface area contributed by atoms with Crippen LogP contribution in [-0.2, 0) is 9.59 Å². The number of nitrogens with one attached hydrogen (secondary N) is 1. The maximum atomic E-state index is 12.2. The molecule has 1 aromatic carbocycles. The van der Waals surface area contributed by atoms with Gasteiger partial charge in [0.15, 0.2) is 0 Å². The number of benzene rings is 1. The zero-order chi connectivity index (χ0) is 16.4. The van der Waals surface area contributed by atoms with E-state index in [9.17, 15) is 9.59 Å². The van der Waals surface area contributed by atoms with Crippen molar-refractivity contribution in [3.63, 3.8) is 0 Å². The third kappa shape index (κ3) is 3.35. The molecule has 0 radical (unpaired) electrons. The fourth-order valence-electron chi connectivity index (χ4n) is 2.77. The lowest BCUT2D eigenvalue weighted by Gasteiger charge is -2.16. The molecule has 1 fully saturated rings. The van der Waals surface area contributed by atoms with Crippen molar-refractivity contribution in [2.24, 2.45) is 5.92 Å². The molecular weight excluding hydrogens is 314 g/mol. The van der Waals surface area contributed by atoms with Gasteiger partial charge in [0.05, 0.1) is 21.1 Å². The summed E-state index contributed by atoms with van der Waals surface area (Å²) in [5.41, 5.74) is 1.67. The lowest BCUT2D eigenvalue weighted by molar-refractivity contribution is -0.126. The highest BCUT2D eigenvalue weighted by molar-refractivity contribution is 7.18. The molecule has 3 rings (SSSR count). The van der Waals surface area contributed by atoms with E-state index in [2.05, 4.69) is 10.3 Å². The van der Waals surface area contributed by atoms with Gasteiger partial charge in [-0.15, -0.1) is 11.3 Å². The standard InChI is InChI=1S/C16H19N3O3S/c1-10-18-13-8-12(3-4-14(13)23-10)19-9-11(7-15(19)21)16(22)17-5-2-6-20/h3-4,8,11,20H,2,5-7,9H2,1H3,(H,17,22). The van der Waals surface area contributed by atoms with E-state index in [4.69, 9.17) is 5.11 Å². The Bertz CT molecular complexity index is 743. The van der Waals surface area contributed by atoms with Crippen LogP contribution >= 0.6 is 11.3 Å². The van der Waals surface area contributed by atoms with E-state index in [0.29, 0.717) is 19.5 Å². The third-order valence-corrected chi connectivity index (χ3v) is 4.87. The lowest BCUT2D eigenvalue weighted by Crippen LogP contribution is -2.33. The van der Waals surface area contributed by atoms with Crippen molar-refractivity contribution >= 4 is 39.1 Å². The number of hydrogen-bond donors (Lipinski definition) is 2. The molecule has 6 nitrogen and oxygen atoms in total. The Morgan fingerprint density at radius 2 is 2.35 bits per heavy atom. The van der Waals surface area contributed by atoms with Gasteiger partial charge in [-0.05, 0) is 31.5 Å². The van der Waals surface area contributed by atoms with Crippen molar-refractivity contribution in [1.82, 2.24) is 10.3 Å². The first-order valence-electron chi connectivity index (χ1n) is 7.64. The van der Waals surface area contributed by atoms with Gasteiger partial charge in [0.1, 0.15) is 0 Å². The minimum atomic E-state index is -0.339. The summed E-state index contributed by atoms with van der Waals surface area (Å²) in [6.07, 6.45) is 0.745. The van der Waals surface area contributed by atoms with E-state index in [1.54, 1.807) is 16.2 Å². The first kappa shape index (κ1) is 15.9. The number of carbonyl (C=O) groups excluding carboxylic acids is 2. The summed E-state index contributed by atoms with van der Waals surface area (Å²) in [6, 6.07) is 5.78. The van der Waals surface area contributed by atoms with Gasteiger partial charge < -0.3 is 15.3 Å². The average Bonchev–Trinajstić information content (AvgIpc) is 3.08. The second-order valence-corrected chi connectivity index (χ2v) is 6.89. The number of anilines is 1. The molecule has 23 heavy (non-hydrogen) atoms. The summed E-state index contributed by atoms with van der Waals surface area (Å²) in [6.45, 7) is 2.82. The summed E-state index contributed by atoms with van der Waals surface area (Å²) >= 11 is 1.62. The molecule has 1 aliphatic rings. The summed E-state index contributed by atoms with van der Waals surface area (Å²) in [7, 11) is 0. The zero-order valence-corrected chi connectivity index (χ0v) is 13.7. The van der Waals surface area contributed by atoms with Crippen LogP contribution in [0.25, 0.3) is 10.2 Å². The van der Waals surface area contributed by atoms with Crippen LogP contribution in [0.15, 0.2) is 18.2 Å². The molecule has 1 unspecified atom stereocenters. The Morgan fingerprint density at radius 1 is 1.52 bits per heavy atom. The molecule has 0 spiro atoms. The minimum absolute atomic E-state index is 0.0430. The van der Waals surface area contributed by atoms with Crippen LogP contribution in [0, 0.1) is 12.8 Å². The predicted octanol–water partition coefficient (Wildman–Crippen LogP) is 1.46. The molecule has 0 saturated carbocycles. The predicted molar refractivity (Wildman–Crippen MR) is 89.5 cm³/mol. The number of thiazole rings is 1. The van der Waals surface area contributed by atoms with Gasteiger partial charge in [0.2, 0.25) is 11.8 Å². The highest BCUT2D eigenvalue weighted by Gasteiger charge is 2.35. The largest absolute Gasteiger partial charge is 0.396 e. The van der Waals surface area contributed by atoms with Gasteiger partial charge in [0, 0.05) is 31.8 Å². The van der Waals surface area contributed by atoms with Crippen LogP contribution in [-0.4, -0.2) is 41.6 Å². The van der Waals surface area contributed by atoms with E-state index < -0.39 is 0 Å². The van der Waals surface area contributed by atoms with Crippen LogP contribution in [0.1, 0.15) is 17.8 Å². The molecule has 1 aromatic heterocycles. The zero-order valence-electron chi connectivity index (χ0n) is 12.9. The monoisotopic (exact) mass is 333 g/mol. The summed E-state index contributed by atoms with van der Waals surface area (Å²) in [5.74, 6) is -0.507. The number of aliphatic hydroxyl groups excluding tert-OH is 1. The molecule has 0 aliphatic carbocycles. The van der Waals surface area contributed by atoms with Gasteiger partial charge in [-0.25, -0.2) is 4.98 Å². The molecule has 7 heteroatoms. The number of nitrogens with zero attached hydrogens (tertiary/aromatic N) is 2. The fourth-order valence-corrected chi connectivity index (χ4v) is 3.57. The average molecular weight is 333 g/mol. The normalized spacial score (nSPS) is 17.9. The van der Waals surface area contributed by atoms with Gasteiger partial charge in [-0.2, -0.15) is 0 Å². The quantitative estimate of drug-likeness (QED) is 0.812. The Hall–Kier alpha value is -1.99. The molecule has 2 N–H and O–H groups in total. The Morgan fingerprint density at radius 3 is 3.13 bits per heavy atom. The SMILES string of the molecule is Cc1nc2cc(N3CC(C(=O)NCCCO)CC3=O)ccc2s1. The molecule has 2 aromatic rings. The van der Waals surface area contributed by atoms with E-state index in [1.165, 1.54) is 0 Å². The second kappa shape index (κ2) is 6.64. The molecular formula is C16H19N3O3S. The first-order chi connectivity index (χ1) is 11.1. The topological polar surface area (TPSA) is 82.5 Å². The molecule has 1 saturated heterocycles. The van der Waals surface area contributed by atoms with E-state index >= 15 is 0 Å². The highest BCUT2D eigenvalue weighted by atomic mass is 32.1. The number of hydrogen-bond acceptors (Lipinski definition) is 5. The number of aromatic nitrogens is 1. The lowest BCUT2D eigenvalue weighted by atomic mass is 10.1. The summed E-state index contributed by atoms with van der Waals surface area (Å²) in [5, 5.41) is 12.5. The number of aryl methyl sites for hydroxylation is 1. The maximum Gasteiger partial charge on any atom is 0.227 e. The highest BCUT2D eigenvalue weighted by Crippen LogP contribution is 2.30. The molecule has 0 bridgehead atoms. The van der Waals surface area contributed by atoms with Crippen molar-refractivity contribution in [2.45, 2.75) is 19.8 Å².